The minimum atomic E-state index is -0.970. The zero-order valence-corrected chi connectivity index (χ0v) is 15.0. The lowest BCUT2D eigenvalue weighted by atomic mass is 10.1. The van der Waals surface area contributed by atoms with E-state index in [1.54, 1.807) is 12.1 Å². The average Bonchev–Trinajstić information content (AvgIpc) is 2.57. The number of hydrogen-bond donors (Lipinski definition) is 3. The first kappa shape index (κ1) is 17.4. The maximum atomic E-state index is 11.3. The van der Waals surface area contributed by atoms with Crippen LogP contribution in [0.4, 0.5) is 11.4 Å². The predicted molar refractivity (Wildman–Crippen MR) is 101 cm³/mol. The Balaban J connectivity index is 2.40. The van der Waals surface area contributed by atoms with Gasteiger partial charge in [-0.1, -0.05) is 31.5 Å². The van der Waals surface area contributed by atoms with Crippen LogP contribution in [0.3, 0.4) is 0 Å². The molecule has 0 aliphatic carbocycles. The summed E-state index contributed by atoms with van der Waals surface area (Å²) in [4.78, 5) is 11.3. The Kier molecular flexibility index (Phi) is 6.52. The molecule has 0 amide bonds. The Hall–Kier alpha value is -1.96. The van der Waals surface area contributed by atoms with Gasteiger partial charge in [0.2, 0.25) is 0 Å². The molecule has 0 heterocycles. The highest BCUT2D eigenvalue weighted by atomic mass is 127. The maximum Gasteiger partial charge on any atom is 0.335 e. The Bertz CT molecular complexity index is 662. The number of rotatable bonds is 8. The van der Waals surface area contributed by atoms with Gasteiger partial charge >= 0.3 is 5.97 Å². The number of aromatic carboxylic acids is 1. The molecule has 0 fully saturated rings. The molecule has 6 heteroatoms. The van der Waals surface area contributed by atoms with Crippen LogP contribution in [0.2, 0.25) is 0 Å². The summed E-state index contributed by atoms with van der Waals surface area (Å²) in [5, 5.41) is 12.6. The van der Waals surface area contributed by atoms with Crippen molar-refractivity contribution < 1.29 is 14.6 Å². The molecule has 0 saturated heterocycles. The number of carboxylic acids is 1. The van der Waals surface area contributed by atoms with Gasteiger partial charge in [-0.3, -0.25) is 0 Å². The van der Waals surface area contributed by atoms with E-state index in [0.29, 0.717) is 22.9 Å². The molecule has 0 saturated carbocycles. The van der Waals surface area contributed by atoms with E-state index in [1.807, 2.05) is 53.2 Å². The van der Waals surface area contributed by atoms with Gasteiger partial charge in [0.05, 0.1) is 39.8 Å². The molecule has 2 aromatic carbocycles. The average molecular weight is 426 g/mol. The summed E-state index contributed by atoms with van der Waals surface area (Å²) in [6.45, 7) is 2.86. The third-order valence-electron chi connectivity index (χ3n) is 3.25. The Morgan fingerprint density at radius 1 is 1.22 bits per heavy atom. The first-order chi connectivity index (χ1) is 11.2. The van der Waals surface area contributed by atoms with Gasteiger partial charge in [0.25, 0.3) is 0 Å². The second-order valence-electron chi connectivity index (χ2n) is 5.00. The minimum Gasteiger partial charge on any atom is -0.478 e. The number of ether oxygens (including phenoxy) is 1. The van der Waals surface area contributed by atoms with Crippen molar-refractivity contribution in [2.45, 2.75) is 19.8 Å². The first-order valence-electron chi connectivity index (χ1n) is 7.40. The van der Waals surface area contributed by atoms with Crippen LogP contribution in [-0.4, -0.2) is 17.6 Å². The number of benzene rings is 2. The van der Waals surface area contributed by atoms with Gasteiger partial charge in [0.15, 0.2) is 5.75 Å². The molecule has 23 heavy (non-hydrogen) atoms. The van der Waals surface area contributed by atoms with Crippen LogP contribution >= 0.6 is 22.9 Å². The van der Waals surface area contributed by atoms with Crippen LogP contribution in [0.1, 0.15) is 30.1 Å². The van der Waals surface area contributed by atoms with Gasteiger partial charge in [-0.2, -0.15) is 0 Å². The van der Waals surface area contributed by atoms with E-state index < -0.39 is 5.97 Å². The van der Waals surface area contributed by atoms with Crippen LogP contribution in [0.25, 0.3) is 0 Å². The third-order valence-corrected chi connectivity index (χ3v) is 3.83. The fourth-order valence-electron chi connectivity index (χ4n) is 2.07. The van der Waals surface area contributed by atoms with Crippen molar-refractivity contribution in [3.63, 3.8) is 0 Å². The van der Waals surface area contributed by atoms with E-state index in [9.17, 15) is 9.90 Å². The molecule has 5 nitrogen and oxygen atoms in total. The predicted octanol–water partition coefficient (Wildman–Crippen LogP) is 5.15. The number of halogens is 1. The lowest BCUT2D eigenvalue weighted by molar-refractivity contribution is 0.0697. The summed E-state index contributed by atoms with van der Waals surface area (Å²) in [6.07, 6.45) is 2.05. The van der Waals surface area contributed by atoms with Crippen molar-refractivity contribution in [3.8, 4) is 11.5 Å². The van der Waals surface area contributed by atoms with Gasteiger partial charge in [-0.25, -0.2) is 4.79 Å². The van der Waals surface area contributed by atoms with Gasteiger partial charge in [-0.05, 0) is 30.7 Å². The zero-order valence-electron chi connectivity index (χ0n) is 12.8. The maximum absolute atomic E-state index is 11.3. The molecular formula is C17H19IN2O3. The van der Waals surface area contributed by atoms with Crippen molar-refractivity contribution in [2.75, 3.05) is 15.4 Å². The minimum absolute atomic E-state index is 0.212. The fourth-order valence-corrected chi connectivity index (χ4v) is 2.47. The summed E-state index contributed by atoms with van der Waals surface area (Å²) < 4.78 is 8.96. The molecule has 0 unspecified atom stereocenters. The molecule has 2 rings (SSSR count). The monoisotopic (exact) mass is 426 g/mol. The molecule has 0 atom stereocenters. The van der Waals surface area contributed by atoms with Crippen LogP contribution in [0.5, 0.6) is 11.5 Å². The summed E-state index contributed by atoms with van der Waals surface area (Å²) >= 11 is 1.97. The van der Waals surface area contributed by atoms with Gasteiger partial charge in [-0.15, -0.1) is 0 Å². The SMILES string of the molecule is CCCCNc1cc(C(=O)O)cc(NI)c1Oc1ccccc1. The largest absolute Gasteiger partial charge is 0.478 e. The molecule has 0 aromatic heterocycles. The number of hydrogen-bond acceptors (Lipinski definition) is 4. The fraction of sp³-hybridized carbons (Fsp3) is 0.235. The lowest BCUT2D eigenvalue weighted by Crippen LogP contribution is -2.06. The van der Waals surface area contributed by atoms with Crippen LogP contribution in [0, 0.1) is 0 Å². The number of nitrogens with one attached hydrogen (secondary N) is 2. The standard InChI is InChI=1S/C17H19IN2O3/c1-2-3-9-19-14-10-12(17(21)22)11-15(20-18)16(14)23-13-7-5-4-6-8-13/h4-8,10-11,19-20H,2-3,9H2,1H3,(H,21,22). The van der Waals surface area contributed by atoms with Gasteiger partial charge < -0.3 is 18.7 Å². The number of anilines is 2. The second-order valence-corrected chi connectivity index (χ2v) is 5.53. The molecule has 0 aliphatic heterocycles. The van der Waals surface area contributed by atoms with E-state index in [-0.39, 0.29) is 5.56 Å². The lowest BCUT2D eigenvalue weighted by Gasteiger charge is -2.17. The molecule has 0 spiro atoms. The van der Waals surface area contributed by atoms with Gasteiger partial charge in [0.1, 0.15) is 5.75 Å². The van der Waals surface area contributed by atoms with Crippen molar-refractivity contribution in [2.24, 2.45) is 0 Å². The Morgan fingerprint density at radius 2 is 1.91 bits per heavy atom. The Morgan fingerprint density at radius 3 is 2.52 bits per heavy atom. The molecule has 3 N–H and O–H groups in total. The molecule has 0 bridgehead atoms. The van der Waals surface area contributed by atoms with Crippen molar-refractivity contribution in [1.82, 2.24) is 0 Å². The Labute approximate surface area is 149 Å². The molecule has 0 radical (unpaired) electrons. The van der Waals surface area contributed by atoms with E-state index >= 15 is 0 Å². The summed E-state index contributed by atoms with van der Waals surface area (Å²) in [7, 11) is 0. The van der Waals surface area contributed by atoms with E-state index in [2.05, 4.69) is 15.8 Å². The van der Waals surface area contributed by atoms with Crippen molar-refractivity contribution in [1.29, 1.82) is 0 Å². The highest BCUT2D eigenvalue weighted by Gasteiger charge is 2.16. The van der Waals surface area contributed by atoms with Crippen LogP contribution < -0.4 is 13.6 Å². The van der Waals surface area contributed by atoms with Crippen LogP contribution in [-0.2, 0) is 0 Å². The van der Waals surface area contributed by atoms with Crippen LogP contribution in [0.15, 0.2) is 42.5 Å². The summed E-state index contributed by atoms with van der Waals surface area (Å²) in [5.74, 6) is 0.316. The third kappa shape index (κ3) is 4.75. The van der Waals surface area contributed by atoms with Crippen molar-refractivity contribution >= 4 is 40.2 Å². The van der Waals surface area contributed by atoms with Crippen molar-refractivity contribution in [3.05, 3.63) is 48.0 Å². The zero-order chi connectivity index (χ0) is 16.7. The van der Waals surface area contributed by atoms with Gasteiger partial charge in [0, 0.05) is 6.54 Å². The molecular weight excluding hydrogens is 407 g/mol. The number of carbonyl (C=O) groups is 1. The molecule has 0 aliphatic rings. The van der Waals surface area contributed by atoms with E-state index in [0.717, 1.165) is 19.4 Å². The molecule has 2 aromatic rings. The summed E-state index contributed by atoms with van der Waals surface area (Å²) in [6, 6.07) is 12.6. The number of para-hydroxylation sites is 1. The van der Waals surface area contributed by atoms with E-state index in [1.165, 1.54) is 0 Å². The van der Waals surface area contributed by atoms with E-state index in [4.69, 9.17) is 4.74 Å². The smallest absolute Gasteiger partial charge is 0.335 e. The highest BCUT2D eigenvalue weighted by Crippen LogP contribution is 2.39. The second kappa shape index (κ2) is 8.61. The summed E-state index contributed by atoms with van der Waals surface area (Å²) in [5.41, 5.74) is 1.50. The number of carboxylic acid groups (broad SMARTS) is 1. The number of unbranched alkanes of at least 4 members (excludes halogenated alkanes) is 1. The normalized spacial score (nSPS) is 10.2. The molecule has 122 valence electrons. The first-order valence-corrected chi connectivity index (χ1v) is 8.48. The quantitative estimate of drug-likeness (QED) is 0.309. The topological polar surface area (TPSA) is 70.6 Å². The highest BCUT2D eigenvalue weighted by molar-refractivity contribution is 14.1.